The Labute approximate surface area is 182 Å². The zero-order valence-corrected chi connectivity index (χ0v) is 17.3. The van der Waals surface area contributed by atoms with E-state index in [-0.39, 0.29) is 16.6 Å². The molecular formula is C21H20N6O3S. The Morgan fingerprint density at radius 1 is 1.23 bits per heavy atom. The summed E-state index contributed by atoms with van der Waals surface area (Å²) in [5.41, 5.74) is 3.03. The maximum absolute atomic E-state index is 13.4. The summed E-state index contributed by atoms with van der Waals surface area (Å²) in [7, 11) is 0. The standard InChI is InChI=1S/C21H20N6O3S/c22-12-13-1-6-17-15(11-13)7-10-26(17)19(30)21(8-9-21)31-20(25-23)27(24)16-4-2-14(3-5-16)18(28)29/h1-6,11H,7-10,23-24H2,(H,28,29)/b25-20+. The second kappa shape index (κ2) is 7.94. The lowest BCUT2D eigenvalue weighted by Crippen LogP contribution is -2.42. The number of benzene rings is 2. The van der Waals surface area contributed by atoms with Gasteiger partial charge in [-0.15, -0.1) is 0 Å². The minimum Gasteiger partial charge on any atom is -0.478 e. The van der Waals surface area contributed by atoms with Crippen LogP contribution >= 0.6 is 11.8 Å². The highest BCUT2D eigenvalue weighted by molar-refractivity contribution is 8.16. The number of amides is 1. The Balaban J connectivity index is 1.51. The third-order valence-corrected chi connectivity index (χ3v) is 6.90. The molecule has 0 bridgehead atoms. The van der Waals surface area contributed by atoms with Crippen LogP contribution in [0.2, 0.25) is 0 Å². The molecule has 5 N–H and O–H groups in total. The van der Waals surface area contributed by atoms with E-state index in [2.05, 4.69) is 11.2 Å². The predicted octanol–water partition coefficient (Wildman–Crippen LogP) is 2.02. The SMILES string of the molecule is N#Cc1ccc2c(c1)CCN2C(=O)C1(S/C(=N/N)N(N)c2ccc(C(=O)O)cc2)CC1. The Kier molecular flexibility index (Phi) is 5.31. The van der Waals surface area contributed by atoms with E-state index in [0.29, 0.717) is 37.1 Å². The van der Waals surface area contributed by atoms with Crippen molar-refractivity contribution in [1.29, 1.82) is 5.26 Å². The number of carboxylic acids is 1. The number of amidine groups is 1. The summed E-state index contributed by atoms with van der Waals surface area (Å²) < 4.78 is -0.702. The number of carboxylic acid groups (broad SMARTS) is 1. The van der Waals surface area contributed by atoms with Crippen molar-refractivity contribution in [2.75, 3.05) is 16.5 Å². The van der Waals surface area contributed by atoms with Gasteiger partial charge in [0.25, 0.3) is 0 Å². The van der Waals surface area contributed by atoms with E-state index < -0.39 is 10.7 Å². The normalized spacial score (nSPS) is 16.4. The first-order valence-electron chi connectivity index (χ1n) is 9.58. The van der Waals surface area contributed by atoms with Crippen LogP contribution in [-0.4, -0.2) is 33.4 Å². The lowest BCUT2D eigenvalue weighted by atomic mass is 10.1. The summed E-state index contributed by atoms with van der Waals surface area (Å²) in [6.07, 6.45) is 2.04. The summed E-state index contributed by atoms with van der Waals surface area (Å²) in [4.78, 5) is 26.2. The van der Waals surface area contributed by atoms with Crippen molar-refractivity contribution in [3.05, 3.63) is 59.2 Å². The lowest BCUT2D eigenvalue weighted by molar-refractivity contribution is -0.118. The van der Waals surface area contributed by atoms with Crippen LogP contribution in [0.5, 0.6) is 0 Å². The number of hydrazine groups is 1. The number of carbonyl (C=O) groups is 2. The molecule has 158 valence electrons. The van der Waals surface area contributed by atoms with Crippen LogP contribution < -0.4 is 21.6 Å². The molecule has 1 aliphatic heterocycles. The van der Waals surface area contributed by atoms with Crippen molar-refractivity contribution in [3.8, 4) is 6.07 Å². The minimum atomic E-state index is -1.03. The summed E-state index contributed by atoms with van der Waals surface area (Å²) in [5, 5.41) is 23.4. The van der Waals surface area contributed by atoms with Crippen LogP contribution in [0.25, 0.3) is 0 Å². The fraction of sp³-hybridized carbons (Fsp3) is 0.238. The Morgan fingerprint density at radius 2 is 1.94 bits per heavy atom. The Hall–Kier alpha value is -3.55. The zero-order chi connectivity index (χ0) is 22.2. The highest BCUT2D eigenvalue weighted by Crippen LogP contribution is 2.52. The highest BCUT2D eigenvalue weighted by atomic mass is 32.2. The summed E-state index contributed by atoms with van der Waals surface area (Å²) >= 11 is 1.21. The van der Waals surface area contributed by atoms with Gasteiger partial charge < -0.3 is 15.8 Å². The molecule has 1 heterocycles. The number of hydrazone groups is 1. The molecule has 2 aliphatic rings. The van der Waals surface area contributed by atoms with E-state index in [1.165, 1.54) is 28.9 Å². The van der Waals surface area contributed by atoms with Crippen molar-refractivity contribution < 1.29 is 14.7 Å². The van der Waals surface area contributed by atoms with Crippen LogP contribution in [0.1, 0.15) is 34.3 Å². The van der Waals surface area contributed by atoms with E-state index in [0.717, 1.165) is 11.3 Å². The summed E-state index contributed by atoms with van der Waals surface area (Å²) in [6.45, 7) is 0.559. The number of hydrogen-bond donors (Lipinski definition) is 3. The average molecular weight is 436 g/mol. The van der Waals surface area contributed by atoms with E-state index in [1.807, 2.05) is 12.1 Å². The quantitative estimate of drug-likeness (QED) is 0.285. The molecule has 1 fully saturated rings. The van der Waals surface area contributed by atoms with E-state index >= 15 is 0 Å². The average Bonchev–Trinajstić information content (AvgIpc) is 3.46. The van der Waals surface area contributed by atoms with Crippen molar-refractivity contribution >= 4 is 40.2 Å². The molecule has 0 spiro atoms. The van der Waals surface area contributed by atoms with Crippen molar-refractivity contribution in [2.45, 2.75) is 24.0 Å². The second-order valence-electron chi connectivity index (χ2n) is 7.39. The number of carbonyl (C=O) groups excluding carboxylic acids is 1. The molecule has 1 saturated carbocycles. The third kappa shape index (κ3) is 3.81. The van der Waals surface area contributed by atoms with Gasteiger partial charge in [-0.2, -0.15) is 10.4 Å². The maximum Gasteiger partial charge on any atom is 0.335 e. The van der Waals surface area contributed by atoms with Crippen LogP contribution in [-0.2, 0) is 11.2 Å². The van der Waals surface area contributed by atoms with Gasteiger partial charge in [-0.25, -0.2) is 10.6 Å². The van der Waals surface area contributed by atoms with Crippen molar-refractivity contribution in [3.63, 3.8) is 0 Å². The van der Waals surface area contributed by atoms with Gasteiger partial charge in [0.2, 0.25) is 11.1 Å². The summed E-state index contributed by atoms with van der Waals surface area (Å²) in [5.74, 6) is 10.7. The van der Waals surface area contributed by atoms with E-state index in [1.54, 1.807) is 23.1 Å². The molecule has 2 aromatic carbocycles. The Bertz CT molecular complexity index is 1120. The van der Waals surface area contributed by atoms with Gasteiger partial charge in [-0.3, -0.25) is 9.80 Å². The topological polar surface area (TPSA) is 149 Å². The van der Waals surface area contributed by atoms with Gasteiger partial charge in [0.05, 0.1) is 22.9 Å². The maximum atomic E-state index is 13.4. The van der Waals surface area contributed by atoms with Crippen molar-refractivity contribution in [2.24, 2.45) is 16.8 Å². The van der Waals surface area contributed by atoms with Crippen LogP contribution in [0, 0.1) is 11.3 Å². The van der Waals surface area contributed by atoms with Crippen molar-refractivity contribution in [1.82, 2.24) is 0 Å². The molecule has 0 aromatic heterocycles. The number of anilines is 2. The van der Waals surface area contributed by atoms with Gasteiger partial charge in [0, 0.05) is 12.2 Å². The molecule has 0 saturated heterocycles. The zero-order valence-electron chi connectivity index (χ0n) is 16.5. The molecule has 31 heavy (non-hydrogen) atoms. The number of thioether (sulfide) groups is 1. The monoisotopic (exact) mass is 436 g/mol. The van der Waals surface area contributed by atoms with Gasteiger partial charge >= 0.3 is 5.97 Å². The molecule has 1 amide bonds. The number of nitriles is 1. The molecule has 1 aliphatic carbocycles. The number of nitrogens with zero attached hydrogens (tertiary/aromatic N) is 4. The van der Waals surface area contributed by atoms with E-state index in [9.17, 15) is 9.59 Å². The van der Waals surface area contributed by atoms with Gasteiger partial charge in [0.15, 0.2) is 0 Å². The molecule has 10 heteroatoms. The first kappa shape index (κ1) is 20.7. The fourth-order valence-electron chi connectivity index (χ4n) is 3.59. The number of fused-ring (bicyclic) bond motifs is 1. The smallest absolute Gasteiger partial charge is 0.335 e. The largest absolute Gasteiger partial charge is 0.478 e. The van der Waals surface area contributed by atoms with Crippen LogP contribution in [0.4, 0.5) is 11.4 Å². The number of hydrogen-bond acceptors (Lipinski definition) is 7. The van der Waals surface area contributed by atoms with E-state index in [4.69, 9.17) is 22.1 Å². The second-order valence-corrected chi connectivity index (χ2v) is 8.74. The molecule has 0 unspecified atom stereocenters. The minimum absolute atomic E-state index is 0.0308. The molecular weight excluding hydrogens is 416 g/mol. The van der Waals surface area contributed by atoms with Crippen LogP contribution in [0.15, 0.2) is 47.6 Å². The number of nitrogens with two attached hydrogens (primary N) is 2. The lowest BCUT2D eigenvalue weighted by Gasteiger charge is -2.26. The fourth-order valence-corrected chi connectivity index (χ4v) is 4.70. The van der Waals surface area contributed by atoms with Crippen LogP contribution in [0.3, 0.4) is 0 Å². The molecule has 0 radical (unpaired) electrons. The first-order valence-corrected chi connectivity index (χ1v) is 10.4. The third-order valence-electron chi connectivity index (χ3n) is 5.44. The molecule has 2 aromatic rings. The van der Waals surface area contributed by atoms with Gasteiger partial charge in [-0.1, -0.05) is 11.8 Å². The van der Waals surface area contributed by atoms with Gasteiger partial charge in [-0.05, 0) is 67.3 Å². The first-order chi connectivity index (χ1) is 14.9. The Morgan fingerprint density at radius 3 is 2.52 bits per heavy atom. The summed E-state index contributed by atoms with van der Waals surface area (Å²) in [6, 6.07) is 13.5. The number of rotatable bonds is 4. The highest BCUT2D eigenvalue weighted by Gasteiger charge is 2.55. The van der Waals surface area contributed by atoms with Gasteiger partial charge in [0.1, 0.15) is 4.75 Å². The predicted molar refractivity (Wildman–Crippen MR) is 118 cm³/mol. The molecule has 9 nitrogen and oxygen atoms in total. The molecule has 0 atom stereocenters. The number of aromatic carboxylic acids is 1. The molecule has 4 rings (SSSR count).